The summed E-state index contributed by atoms with van der Waals surface area (Å²) in [5.41, 5.74) is 0. The Labute approximate surface area is 52.1 Å². The van der Waals surface area contributed by atoms with Crippen LogP contribution in [0.15, 0.2) is 0 Å². The van der Waals surface area contributed by atoms with Gasteiger partial charge in [-0.2, -0.15) is 0 Å². The van der Waals surface area contributed by atoms with E-state index in [2.05, 4.69) is 0 Å². The fourth-order valence-corrected chi connectivity index (χ4v) is 0.302. The Morgan fingerprint density at radius 3 is 2.33 bits per heavy atom. The van der Waals surface area contributed by atoms with Crippen LogP contribution in [0.1, 0.15) is 6.92 Å². The minimum atomic E-state index is -1.64. The van der Waals surface area contributed by atoms with Crippen LogP contribution in [0, 0.1) is 16.0 Å². The topological polar surface area (TPSA) is 83.6 Å². The SMILES string of the molecule is CC(CO)C(O)[N+](=O)[O-]. The molecule has 0 rings (SSSR count). The minimum Gasteiger partial charge on any atom is -0.396 e. The summed E-state index contributed by atoms with van der Waals surface area (Å²) in [5.74, 6) is -0.694. The van der Waals surface area contributed by atoms with Crippen molar-refractivity contribution in [2.45, 2.75) is 13.2 Å². The van der Waals surface area contributed by atoms with E-state index in [-0.39, 0.29) is 6.61 Å². The molecule has 0 aromatic carbocycles. The summed E-state index contributed by atoms with van der Waals surface area (Å²) >= 11 is 0. The summed E-state index contributed by atoms with van der Waals surface area (Å²) in [4.78, 5) is 8.91. The average Bonchev–Trinajstić information content (AvgIpc) is 1.84. The molecule has 5 heteroatoms. The van der Waals surface area contributed by atoms with E-state index >= 15 is 0 Å². The lowest BCUT2D eigenvalue weighted by Gasteiger charge is -2.06. The number of rotatable bonds is 3. The molecule has 2 N–H and O–H groups in total. The van der Waals surface area contributed by atoms with Gasteiger partial charge in [-0.1, -0.05) is 6.92 Å². The van der Waals surface area contributed by atoms with E-state index in [0.29, 0.717) is 0 Å². The van der Waals surface area contributed by atoms with Crippen LogP contribution in [0.2, 0.25) is 0 Å². The van der Waals surface area contributed by atoms with Crippen LogP contribution < -0.4 is 0 Å². The molecule has 9 heavy (non-hydrogen) atoms. The van der Waals surface area contributed by atoms with E-state index in [1.165, 1.54) is 6.92 Å². The summed E-state index contributed by atoms with van der Waals surface area (Å²) in [6.07, 6.45) is -1.64. The van der Waals surface area contributed by atoms with Gasteiger partial charge in [0.25, 0.3) is 0 Å². The van der Waals surface area contributed by atoms with E-state index in [9.17, 15) is 10.1 Å². The van der Waals surface area contributed by atoms with Crippen molar-refractivity contribution in [1.29, 1.82) is 0 Å². The summed E-state index contributed by atoms with van der Waals surface area (Å²) in [6, 6.07) is 0. The third-order valence-corrected chi connectivity index (χ3v) is 1.01. The molecule has 0 aromatic heterocycles. The van der Waals surface area contributed by atoms with Crippen molar-refractivity contribution in [3.05, 3.63) is 10.1 Å². The van der Waals surface area contributed by atoms with Crippen molar-refractivity contribution in [3.63, 3.8) is 0 Å². The number of hydrogen-bond acceptors (Lipinski definition) is 4. The maximum absolute atomic E-state index is 9.74. The summed E-state index contributed by atoms with van der Waals surface area (Å²) in [7, 11) is 0. The van der Waals surface area contributed by atoms with Crippen LogP contribution in [-0.2, 0) is 0 Å². The quantitative estimate of drug-likeness (QED) is 0.302. The first kappa shape index (κ1) is 8.32. The van der Waals surface area contributed by atoms with E-state index < -0.39 is 17.1 Å². The predicted molar refractivity (Wildman–Crippen MR) is 29.3 cm³/mol. The molecule has 0 aliphatic rings. The molecule has 0 spiro atoms. The Bertz CT molecular complexity index is 105. The zero-order valence-electron chi connectivity index (χ0n) is 5.02. The van der Waals surface area contributed by atoms with Crippen LogP contribution in [0.25, 0.3) is 0 Å². The fraction of sp³-hybridized carbons (Fsp3) is 1.00. The molecule has 0 fully saturated rings. The van der Waals surface area contributed by atoms with Gasteiger partial charge in [0, 0.05) is 0 Å². The number of nitrogens with zero attached hydrogens (tertiary/aromatic N) is 1. The lowest BCUT2D eigenvalue weighted by Crippen LogP contribution is -2.28. The van der Waals surface area contributed by atoms with Gasteiger partial charge in [0.2, 0.25) is 0 Å². The Hall–Kier alpha value is -0.680. The van der Waals surface area contributed by atoms with Crippen LogP contribution in [0.3, 0.4) is 0 Å². The Balaban J connectivity index is 3.72. The highest BCUT2D eigenvalue weighted by molar-refractivity contribution is 4.50. The van der Waals surface area contributed by atoms with Gasteiger partial charge < -0.3 is 10.2 Å². The molecule has 0 aliphatic heterocycles. The second-order valence-electron chi connectivity index (χ2n) is 1.86. The van der Waals surface area contributed by atoms with Crippen molar-refractivity contribution in [1.82, 2.24) is 0 Å². The van der Waals surface area contributed by atoms with E-state index in [0.717, 1.165) is 0 Å². The molecule has 0 saturated heterocycles. The molecule has 2 unspecified atom stereocenters. The Kier molecular flexibility index (Phi) is 3.11. The molecule has 0 aromatic rings. The smallest absolute Gasteiger partial charge is 0.317 e. The second-order valence-corrected chi connectivity index (χ2v) is 1.86. The molecule has 0 aliphatic carbocycles. The van der Waals surface area contributed by atoms with Gasteiger partial charge in [-0.15, -0.1) is 0 Å². The van der Waals surface area contributed by atoms with Gasteiger partial charge in [0.1, 0.15) is 0 Å². The predicted octanol–water partition coefficient (Wildman–Crippen LogP) is -0.790. The standard InChI is InChI=1S/C4H9NO4/c1-3(2-6)4(7)5(8)9/h3-4,6-7H,2H2,1H3. The number of aliphatic hydroxyl groups excluding tert-OH is 2. The number of nitro groups is 1. The zero-order chi connectivity index (χ0) is 7.44. The van der Waals surface area contributed by atoms with E-state index in [1.54, 1.807) is 0 Å². The molecular formula is C4H9NO4. The van der Waals surface area contributed by atoms with Gasteiger partial charge in [0.15, 0.2) is 0 Å². The van der Waals surface area contributed by atoms with Gasteiger partial charge in [-0.3, -0.25) is 10.1 Å². The highest BCUT2D eigenvalue weighted by Gasteiger charge is 2.22. The maximum atomic E-state index is 9.74. The molecule has 0 heterocycles. The Morgan fingerprint density at radius 1 is 1.78 bits per heavy atom. The lowest BCUT2D eigenvalue weighted by molar-refractivity contribution is -0.580. The van der Waals surface area contributed by atoms with Crippen LogP contribution in [0.4, 0.5) is 0 Å². The van der Waals surface area contributed by atoms with Crippen LogP contribution in [-0.4, -0.2) is 28.0 Å². The minimum absolute atomic E-state index is 0.373. The van der Waals surface area contributed by atoms with Crippen molar-refractivity contribution < 1.29 is 15.1 Å². The molecule has 0 saturated carbocycles. The number of aliphatic hydroxyl groups is 2. The summed E-state index contributed by atoms with van der Waals surface area (Å²) in [6.45, 7) is 1.02. The lowest BCUT2D eigenvalue weighted by atomic mass is 10.2. The monoisotopic (exact) mass is 135 g/mol. The molecule has 0 amide bonds. The van der Waals surface area contributed by atoms with Crippen molar-refractivity contribution >= 4 is 0 Å². The summed E-state index contributed by atoms with van der Waals surface area (Å²) in [5, 5.41) is 26.6. The number of hydrogen-bond donors (Lipinski definition) is 2. The molecule has 5 nitrogen and oxygen atoms in total. The normalized spacial score (nSPS) is 16.8. The van der Waals surface area contributed by atoms with Crippen molar-refractivity contribution in [3.8, 4) is 0 Å². The first-order valence-electron chi connectivity index (χ1n) is 2.52. The third-order valence-electron chi connectivity index (χ3n) is 1.01. The highest BCUT2D eigenvalue weighted by Crippen LogP contribution is 2.00. The van der Waals surface area contributed by atoms with E-state index in [4.69, 9.17) is 10.2 Å². The van der Waals surface area contributed by atoms with Crippen LogP contribution in [0.5, 0.6) is 0 Å². The molecule has 2 atom stereocenters. The van der Waals surface area contributed by atoms with Gasteiger partial charge in [0.05, 0.1) is 17.4 Å². The van der Waals surface area contributed by atoms with Crippen molar-refractivity contribution in [2.75, 3.05) is 6.61 Å². The molecule has 0 bridgehead atoms. The molecule has 0 radical (unpaired) electrons. The largest absolute Gasteiger partial charge is 0.396 e. The second kappa shape index (κ2) is 3.37. The van der Waals surface area contributed by atoms with Gasteiger partial charge in [-0.25, -0.2) is 0 Å². The maximum Gasteiger partial charge on any atom is 0.317 e. The molecular weight excluding hydrogens is 126 g/mol. The summed E-state index contributed by atoms with van der Waals surface area (Å²) < 4.78 is 0. The third kappa shape index (κ3) is 2.39. The van der Waals surface area contributed by atoms with Gasteiger partial charge in [-0.05, 0) is 0 Å². The average molecular weight is 135 g/mol. The van der Waals surface area contributed by atoms with Crippen LogP contribution >= 0.6 is 0 Å². The first-order chi connectivity index (χ1) is 4.09. The van der Waals surface area contributed by atoms with Crippen molar-refractivity contribution in [2.24, 2.45) is 5.92 Å². The highest BCUT2D eigenvalue weighted by atomic mass is 16.7. The van der Waals surface area contributed by atoms with E-state index in [1.807, 2.05) is 0 Å². The fourth-order valence-electron chi connectivity index (χ4n) is 0.302. The molecule has 54 valence electrons. The first-order valence-corrected chi connectivity index (χ1v) is 2.52. The Morgan fingerprint density at radius 2 is 2.22 bits per heavy atom. The zero-order valence-corrected chi connectivity index (χ0v) is 5.02. The van der Waals surface area contributed by atoms with Gasteiger partial charge >= 0.3 is 6.23 Å².